The molecule has 0 saturated heterocycles. The van der Waals surface area contributed by atoms with Crippen LogP contribution >= 0.6 is 0 Å². The molecular weight excluding hydrogens is 258 g/mol. The molecule has 6 heteroatoms. The Bertz CT molecular complexity index is 652. The lowest BCUT2D eigenvalue weighted by molar-refractivity contribution is 0.0945. The maximum absolute atomic E-state index is 11.7. The first kappa shape index (κ1) is 13.7. The van der Waals surface area contributed by atoms with Crippen molar-refractivity contribution in [3.63, 3.8) is 0 Å². The minimum atomic E-state index is -0.428. The quantitative estimate of drug-likeness (QED) is 0.553. The van der Waals surface area contributed by atoms with Crippen LogP contribution < -0.4 is 21.2 Å². The molecule has 0 atom stereocenters. The molecule has 0 aliphatic heterocycles. The van der Waals surface area contributed by atoms with Gasteiger partial charge in [0.25, 0.3) is 5.91 Å². The zero-order valence-electron chi connectivity index (χ0n) is 10.8. The Kier molecular flexibility index (Phi) is 4.39. The molecule has 104 valence electrons. The fraction of sp³-hybridized carbons (Fsp3) is 0.143. The molecule has 1 heterocycles. The van der Waals surface area contributed by atoms with Gasteiger partial charge in [-0.25, -0.2) is 0 Å². The SMILES string of the molecule is Nc1cccc(OCCNC(=O)c2c[nH]ccc2=O)c1. The summed E-state index contributed by atoms with van der Waals surface area (Å²) in [4.78, 5) is 25.8. The van der Waals surface area contributed by atoms with Crippen LogP contribution in [0.3, 0.4) is 0 Å². The predicted octanol–water partition coefficient (Wildman–Crippen LogP) is 0.766. The lowest BCUT2D eigenvalue weighted by atomic mass is 10.2. The summed E-state index contributed by atoms with van der Waals surface area (Å²) >= 11 is 0. The molecule has 0 saturated carbocycles. The van der Waals surface area contributed by atoms with Crippen LogP contribution in [0.2, 0.25) is 0 Å². The molecule has 6 nitrogen and oxygen atoms in total. The van der Waals surface area contributed by atoms with E-state index in [9.17, 15) is 9.59 Å². The van der Waals surface area contributed by atoms with E-state index < -0.39 is 5.91 Å². The molecule has 0 aliphatic carbocycles. The third kappa shape index (κ3) is 3.61. The minimum Gasteiger partial charge on any atom is -0.492 e. The molecule has 0 aliphatic rings. The van der Waals surface area contributed by atoms with Gasteiger partial charge >= 0.3 is 0 Å². The van der Waals surface area contributed by atoms with E-state index in [0.29, 0.717) is 24.6 Å². The number of hydrogen-bond acceptors (Lipinski definition) is 4. The van der Waals surface area contributed by atoms with E-state index in [4.69, 9.17) is 10.5 Å². The van der Waals surface area contributed by atoms with Gasteiger partial charge in [-0.15, -0.1) is 0 Å². The average molecular weight is 273 g/mol. The van der Waals surface area contributed by atoms with Gasteiger partial charge in [0.15, 0.2) is 5.43 Å². The van der Waals surface area contributed by atoms with Crippen molar-refractivity contribution in [1.29, 1.82) is 0 Å². The van der Waals surface area contributed by atoms with Crippen molar-refractivity contribution in [2.24, 2.45) is 0 Å². The molecule has 2 rings (SSSR count). The van der Waals surface area contributed by atoms with Crippen LogP contribution in [0, 0.1) is 0 Å². The lowest BCUT2D eigenvalue weighted by Crippen LogP contribution is -2.31. The van der Waals surface area contributed by atoms with Crippen molar-refractivity contribution in [2.45, 2.75) is 0 Å². The summed E-state index contributed by atoms with van der Waals surface area (Å²) in [6, 6.07) is 8.32. The zero-order valence-corrected chi connectivity index (χ0v) is 10.8. The maximum atomic E-state index is 11.7. The molecule has 0 bridgehead atoms. The molecule has 1 aromatic carbocycles. The summed E-state index contributed by atoms with van der Waals surface area (Å²) in [5.41, 5.74) is 5.99. The summed E-state index contributed by atoms with van der Waals surface area (Å²) in [6.07, 6.45) is 2.85. The zero-order chi connectivity index (χ0) is 14.4. The van der Waals surface area contributed by atoms with Crippen molar-refractivity contribution in [2.75, 3.05) is 18.9 Å². The number of H-pyrrole nitrogens is 1. The van der Waals surface area contributed by atoms with Crippen LogP contribution in [0.5, 0.6) is 5.75 Å². The molecule has 0 radical (unpaired) electrons. The predicted molar refractivity (Wildman–Crippen MR) is 75.7 cm³/mol. The minimum absolute atomic E-state index is 0.0801. The van der Waals surface area contributed by atoms with Crippen LogP contribution in [0.1, 0.15) is 10.4 Å². The standard InChI is InChI=1S/C14H15N3O3/c15-10-2-1-3-11(8-10)20-7-6-17-14(19)12-9-16-5-4-13(12)18/h1-5,8-9H,6-7,15H2,(H,16,18)(H,17,19). The fourth-order valence-electron chi connectivity index (χ4n) is 1.63. The number of ether oxygens (including phenoxy) is 1. The Morgan fingerprint density at radius 3 is 2.95 bits per heavy atom. The number of carbonyl (C=O) groups is 1. The van der Waals surface area contributed by atoms with E-state index in [-0.39, 0.29) is 11.0 Å². The topological polar surface area (TPSA) is 97.2 Å². The third-order valence-electron chi connectivity index (χ3n) is 2.58. The summed E-state index contributed by atoms with van der Waals surface area (Å²) in [5.74, 6) is 0.208. The molecule has 0 spiro atoms. The van der Waals surface area contributed by atoms with E-state index in [1.165, 1.54) is 18.5 Å². The second-order valence-electron chi connectivity index (χ2n) is 4.10. The van der Waals surface area contributed by atoms with Crippen molar-refractivity contribution in [3.8, 4) is 5.75 Å². The number of amides is 1. The number of rotatable bonds is 5. The number of nitrogens with two attached hydrogens (primary N) is 1. The Labute approximate surface area is 115 Å². The van der Waals surface area contributed by atoms with Crippen LogP contribution in [-0.4, -0.2) is 24.0 Å². The van der Waals surface area contributed by atoms with E-state index in [0.717, 1.165) is 0 Å². The molecule has 2 aromatic rings. The maximum Gasteiger partial charge on any atom is 0.256 e. The number of benzene rings is 1. The molecule has 1 aromatic heterocycles. The smallest absolute Gasteiger partial charge is 0.256 e. The number of carbonyl (C=O) groups excluding carboxylic acids is 1. The van der Waals surface area contributed by atoms with Crippen molar-refractivity contribution in [1.82, 2.24) is 10.3 Å². The Morgan fingerprint density at radius 2 is 2.20 bits per heavy atom. The third-order valence-corrected chi connectivity index (χ3v) is 2.58. The number of pyridine rings is 1. The summed E-state index contributed by atoms with van der Waals surface area (Å²) in [5, 5.41) is 2.61. The molecule has 20 heavy (non-hydrogen) atoms. The van der Waals surface area contributed by atoms with Crippen molar-refractivity contribution < 1.29 is 9.53 Å². The summed E-state index contributed by atoms with van der Waals surface area (Å²) in [7, 11) is 0. The van der Waals surface area contributed by atoms with Gasteiger partial charge in [-0.05, 0) is 12.1 Å². The normalized spacial score (nSPS) is 10.0. The van der Waals surface area contributed by atoms with Gasteiger partial charge in [-0.1, -0.05) is 6.07 Å². The van der Waals surface area contributed by atoms with Crippen LogP contribution in [0.25, 0.3) is 0 Å². The van der Waals surface area contributed by atoms with Crippen LogP contribution in [0.15, 0.2) is 47.5 Å². The van der Waals surface area contributed by atoms with E-state index in [2.05, 4.69) is 10.3 Å². The van der Waals surface area contributed by atoms with Crippen molar-refractivity contribution in [3.05, 3.63) is 58.5 Å². The molecule has 1 amide bonds. The Morgan fingerprint density at radius 1 is 1.35 bits per heavy atom. The summed E-state index contributed by atoms with van der Waals surface area (Å²) < 4.78 is 5.42. The van der Waals surface area contributed by atoms with Gasteiger partial charge in [0, 0.05) is 30.2 Å². The number of nitrogen functional groups attached to an aromatic ring is 1. The second-order valence-corrected chi connectivity index (χ2v) is 4.10. The molecule has 4 N–H and O–H groups in total. The number of aromatic nitrogens is 1. The van der Waals surface area contributed by atoms with E-state index >= 15 is 0 Å². The largest absolute Gasteiger partial charge is 0.492 e. The van der Waals surface area contributed by atoms with E-state index in [1.54, 1.807) is 24.3 Å². The highest BCUT2D eigenvalue weighted by Crippen LogP contribution is 2.13. The molecule has 0 unspecified atom stereocenters. The monoisotopic (exact) mass is 273 g/mol. The lowest BCUT2D eigenvalue weighted by Gasteiger charge is -2.08. The Hall–Kier alpha value is -2.76. The molecule has 0 fully saturated rings. The number of nitrogens with one attached hydrogen (secondary N) is 2. The van der Waals surface area contributed by atoms with Gasteiger partial charge in [-0.3, -0.25) is 9.59 Å². The van der Waals surface area contributed by atoms with Gasteiger partial charge < -0.3 is 20.8 Å². The first-order valence-corrected chi connectivity index (χ1v) is 6.10. The molecular formula is C14H15N3O3. The second kappa shape index (κ2) is 6.42. The highest BCUT2D eigenvalue weighted by molar-refractivity contribution is 5.93. The summed E-state index contributed by atoms with van der Waals surface area (Å²) in [6.45, 7) is 0.585. The van der Waals surface area contributed by atoms with Gasteiger partial charge in [0.1, 0.15) is 17.9 Å². The fourth-order valence-corrected chi connectivity index (χ4v) is 1.63. The van der Waals surface area contributed by atoms with Crippen LogP contribution in [-0.2, 0) is 0 Å². The van der Waals surface area contributed by atoms with Gasteiger partial charge in [0.2, 0.25) is 0 Å². The highest BCUT2D eigenvalue weighted by atomic mass is 16.5. The first-order valence-electron chi connectivity index (χ1n) is 6.10. The average Bonchev–Trinajstić information content (AvgIpc) is 2.44. The highest BCUT2D eigenvalue weighted by Gasteiger charge is 2.08. The van der Waals surface area contributed by atoms with Crippen molar-refractivity contribution >= 4 is 11.6 Å². The van der Waals surface area contributed by atoms with E-state index in [1.807, 2.05) is 0 Å². The van der Waals surface area contributed by atoms with Gasteiger partial charge in [-0.2, -0.15) is 0 Å². The Balaban J connectivity index is 1.80. The van der Waals surface area contributed by atoms with Crippen LogP contribution in [0.4, 0.5) is 5.69 Å². The van der Waals surface area contributed by atoms with Gasteiger partial charge in [0.05, 0.1) is 6.54 Å². The number of hydrogen-bond donors (Lipinski definition) is 3. The first-order chi connectivity index (χ1) is 9.66. The number of anilines is 1. The number of aromatic amines is 1.